The Morgan fingerprint density at radius 3 is 2.12 bits per heavy atom. The SMILES string of the molecule is Cc1ccc(N)c(-c2c(F)cc(F)cc2F)c1. The zero-order valence-corrected chi connectivity index (χ0v) is 9.10. The Balaban J connectivity index is 2.72. The lowest BCUT2D eigenvalue weighted by atomic mass is 10.0. The summed E-state index contributed by atoms with van der Waals surface area (Å²) < 4.78 is 39.9. The molecule has 0 fully saturated rings. The molecule has 2 aromatic rings. The first kappa shape index (κ1) is 11.5. The molecule has 0 unspecified atom stereocenters. The molecule has 1 nitrogen and oxygen atoms in total. The van der Waals surface area contributed by atoms with Crippen LogP contribution >= 0.6 is 0 Å². The number of hydrogen-bond acceptors (Lipinski definition) is 1. The predicted molar refractivity (Wildman–Crippen MR) is 60.9 cm³/mol. The van der Waals surface area contributed by atoms with Crippen molar-refractivity contribution in [2.24, 2.45) is 0 Å². The van der Waals surface area contributed by atoms with Crippen molar-refractivity contribution in [3.8, 4) is 11.1 Å². The van der Waals surface area contributed by atoms with Gasteiger partial charge in [-0.2, -0.15) is 0 Å². The molecular weight excluding hydrogens is 227 g/mol. The summed E-state index contributed by atoms with van der Waals surface area (Å²) in [4.78, 5) is 0. The lowest BCUT2D eigenvalue weighted by Crippen LogP contribution is -1.97. The predicted octanol–water partition coefficient (Wildman–Crippen LogP) is 3.66. The number of nitrogens with two attached hydrogens (primary N) is 1. The Bertz CT molecular complexity index is 556. The van der Waals surface area contributed by atoms with Gasteiger partial charge in [0.15, 0.2) is 0 Å². The Morgan fingerprint density at radius 2 is 1.53 bits per heavy atom. The molecule has 0 spiro atoms. The fourth-order valence-electron chi connectivity index (χ4n) is 1.69. The molecule has 0 atom stereocenters. The van der Waals surface area contributed by atoms with Gasteiger partial charge in [-0.05, 0) is 19.1 Å². The Morgan fingerprint density at radius 1 is 0.941 bits per heavy atom. The number of benzene rings is 2. The van der Waals surface area contributed by atoms with Gasteiger partial charge in [0, 0.05) is 23.4 Å². The summed E-state index contributed by atoms with van der Waals surface area (Å²) in [6, 6.07) is 6.14. The second kappa shape index (κ2) is 4.13. The summed E-state index contributed by atoms with van der Waals surface area (Å²) in [5, 5.41) is 0. The third-order valence-corrected chi connectivity index (χ3v) is 2.49. The molecule has 0 aliphatic rings. The first-order valence-corrected chi connectivity index (χ1v) is 5.00. The van der Waals surface area contributed by atoms with Crippen LogP contribution in [0.25, 0.3) is 11.1 Å². The van der Waals surface area contributed by atoms with Gasteiger partial charge in [0.05, 0.1) is 5.56 Å². The van der Waals surface area contributed by atoms with Gasteiger partial charge in [-0.25, -0.2) is 13.2 Å². The van der Waals surface area contributed by atoms with Crippen LogP contribution in [0.4, 0.5) is 18.9 Å². The van der Waals surface area contributed by atoms with Crippen molar-refractivity contribution in [1.82, 2.24) is 0 Å². The van der Waals surface area contributed by atoms with E-state index in [9.17, 15) is 13.2 Å². The summed E-state index contributed by atoms with van der Waals surface area (Å²) in [5.74, 6) is -2.87. The third kappa shape index (κ3) is 2.11. The van der Waals surface area contributed by atoms with E-state index in [1.54, 1.807) is 25.1 Å². The van der Waals surface area contributed by atoms with Crippen molar-refractivity contribution in [2.45, 2.75) is 6.92 Å². The molecule has 17 heavy (non-hydrogen) atoms. The Hall–Kier alpha value is -1.97. The largest absolute Gasteiger partial charge is 0.398 e. The van der Waals surface area contributed by atoms with E-state index < -0.39 is 17.5 Å². The van der Waals surface area contributed by atoms with Crippen molar-refractivity contribution >= 4 is 5.69 Å². The van der Waals surface area contributed by atoms with E-state index in [0.29, 0.717) is 12.1 Å². The average molecular weight is 237 g/mol. The summed E-state index contributed by atoms with van der Waals surface area (Å²) >= 11 is 0. The highest BCUT2D eigenvalue weighted by atomic mass is 19.1. The van der Waals surface area contributed by atoms with E-state index in [2.05, 4.69) is 0 Å². The van der Waals surface area contributed by atoms with Gasteiger partial charge < -0.3 is 5.73 Å². The van der Waals surface area contributed by atoms with E-state index in [0.717, 1.165) is 5.56 Å². The number of aryl methyl sites for hydroxylation is 1. The zero-order valence-electron chi connectivity index (χ0n) is 9.10. The van der Waals surface area contributed by atoms with E-state index in [-0.39, 0.29) is 16.8 Å². The quantitative estimate of drug-likeness (QED) is 0.752. The molecule has 2 rings (SSSR count). The van der Waals surface area contributed by atoms with Crippen LogP contribution in [0.3, 0.4) is 0 Å². The molecule has 2 aromatic carbocycles. The first-order valence-electron chi connectivity index (χ1n) is 5.00. The van der Waals surface area contributed by atoms with E-state index in [1.165, 1.54) is 0 Å². The van der Waals surface area contributed by atoms with Crippen LogP contribution in [0.1, 0.15) is 5.56 Å². The number of rotatable bonds is 1. The highest BCUT2D eigenvalue weighted by Crippen LogP contribution is 2.31. The maximum Gasteiger partial charge on any atom is 0.136 e. The fourth-order valence-corrected chi connectivity index (χ4v) is 1.69. The summed E-state index contributed by atoms with van der Waals surface area (Å²) in [5.41, 5.74) is 6.67. The lowest BCUT2D eigenvalue weighted by molar-refractivity contribution is 0.548. The molecule has 2 N–H and O–H groups in total. The van der Waals surface area contributed by atoms with Gasteiger partial charge in [-0.1, -0.05) is 11.6 Å². The second-order valence-corrected chi connectivity index (χ2v) is 3.84. The molecule has 0 saturated heterocycles. The normalized spacial score (nSPS) is 10.6. The summed E-state index contributed by atoms with van der Waals surface area (Å²) in [6.07, 6.45) is 0. The van der Waals surface area contributed by atoms with Crippen molar-refractivity contribution in [1.29, 1.82) is 0 Å². The van der Waals surface area contributed by atoms with Crippen LogP contribution in [0.15, 0.2) is 30.3 Å². The molecule has 0 aliphatic carbocycles. The third-order valence-electron chi connectivity index (χ3n) is 2.49. The van der Waals surface area contributed by atoms with Gasteiger partial charge in [0.2, 0.25) is 0 Å². The molecule has 0 saturated carbocycles. The molecule has 0 bridgehead atoms. The highest BCUT2D eigenvalue weighted by Gasteiger charge is 2.15. The molecular formula is C13H10F3N. The number of nitrogen functional groups attached to an aromatic ring is 1. The molecule has 0 aliphatic heterocycles. The summed E-state index contributed by atoms with van der Waals surface area (Å²) in [6.45, 7) is 1.78. The van der Waals surface area contributed by atoms with Crippen LogP contribution in [0.2, 0.25) is 0 Å². The van der Waals surface area contributed by atoms with E-state index in [4.69, 9.17) is 5.73 Å². The van der Waals surface area contributed by atoms with Gasteiger partial charge in [-0.15, -0.1) is 0 Å². The minimum Gasteiger partial charge on any atom is -0.398 e. The Kier molecular flexibility index (Phi) is 2.79. The van der Waals surface area contributed by atoms with Crippen molar-refractivity contribution in [3.63, 3.8) is 0 Å². The van der Waals surface area contributed by atoms with Crippen molar-refractivity contribution in [3.05, 3.63) is 53.3 Å². The fraction of sp³-hybridized carbons (Fsp3) is 0.0769. The molecule has 0 heterocycles. The van der Waals surface area contributed by atoms with Gasteiger partial charge in [0.1, 0.15) is 17.5 Å². The minimum atomic E-state index is -0.959. The molecule has 0 aromatic heterocycles. The number of hydrogen-bond donors (Lipinski definition) is 1. The van der Waals surface area contributed by atoms with Crippen molar-refractivity contribution in [2.75, 3.05) is 5.73 Å². The summed E-state index contributed by atoms with van der Waals surface area (Å²) in [7, 11) is 0. The molecule has 0 amide bonds. The van der Waals surface area contributed by atoms with Gasteiger partial charge in [0.25, 0.3) is 0 Å². The van der Waals surface area contributed by atoms with E-state index in [1.807, 2.05) is 0 Å². The van der Waals surface area contributed by atoms with Crippen molar-refractivity contribution < 1.29 is 13.2 Å². The topological polar surface area (TPSA) is 26.0 Å². The van der Waals surface area contributed by atoms with Crippen LogP contribution in [-0.4, -0.2) is 0 Å². The smallest absolute Gasteiger partial charge is 0.136 e. The maximum atomic E-state index is 13.6. The van der Waals surface area contributed by atoms with Crippen LogP contribution < -0.4 is 5.73 Å². The van der Waals surface area contributed by atoms with Crippen LogP contribution in [0.5, 0.6) is 0 Å². The van der Waals surface area contributed by atoms with Gasteiger partial charge >= 0.3 is 0 Å². The van der Waals surface area contributed by atoms with Gasteiger partial charge in [-0.3, -0.25) is 0 Å². The second-order valence-electron chi connectivity index (χ2n) is 3.84. The standard InChI is InChI=1S/C13H10F3N/c1-7-2-3-12(17)9(4-7)13-10(15)5-8(14)6-11(13)16/h2-6H,17H2,1H3. The Labute approximate surface area is 96.7 Å². The average Bonchev–Trinajstić information content (AvgIpc) is 2.21. The minimum absolute atomic E-state index is 0.236. The lowest BCUT2D eigenvalue weighted by Gasteiger charge is -2.09. The number of halogens is 3. The maximum absolute atomic E-state index is 13.6. The van der Waals surface area contributed by atoms with E-state index >= 15 is 0 Å². The molecule has 4 heteroatoms. The monoisotopic (exact) mass is 237 g/mol. The molecule has 88 valence electrons. The number of anilines is 1. The molecule has 0 radical (unpaired) electrons. The highest BCUT2D eigenvalue weighted by molar-refractivity contribution is 5.77. The van der Waals surface area contributed by atoms with Crippen LogP contribution in [-0.2, 0) is 0 Å². The first-order chi connectivity index (χ1) is 7.99. The van der Waals surface area contributed by atoms with Crippen LogP contribution in [0, 0.1) is 24.4 Å². The zero-order chi connectivity index (χ0) is 12.6.